The van der Waals surface area contributed by atoms with Gasteiger partial charge >= 0.3 is 0 Å². The molecule has 2 N–H and O–H groups in total. The molecule has 9 heteroatoms. The lowest BCUT2D eigenvalue weighted by molar-refractivity contribution is -0.118. The van der Waals surface area contributed by atoms with Crippen LogP contribution in [0.2, 0.25) is 0 Å². The van der Waals surface area contributed by atoms with Crippen LogP contribution in [0.5, 0.6) is 0 Å². The lowest BCUT2D eigenvalue weighted by Gasteiger charge is -2.33. The van der Waals surface area contributed by atoms with Gasteiger partial charge in [0.25, 0.3) is 5.91 Å². The van der Waals surface area contributed by atoms with Crippen LogP contribution in [0.15, 0.2) is 30.3 Å². The van der Waals surface area contributed by atoms with Crippen LogP contribution in [0.25, 0.3) is 0 Å². The Morgan fingerprint density at radius 2 is 1.71 bits per heavy atom. The molecule has 2 aromatic rings. The normalized spacial score (nSPS) is 13.8. The fraction of sp³-hybridized carbons (Fsp3) is 0.316. The second-order valence-corrected chi connectivity index (χ2v) is 6.50. The zero-order valence-corrected chi connectivity index (χ0v) is 15.8. The molecule has 3 amide bonds. The highest BCUT2D eigenvalue weighted by Gasteiger charge is 2.19. The Labute approximate surface area is 162 Å². The van der Waals surface area contributed by atoms with E-state index in [9.17, 15) is 14.4 Å². The first kappa shape index (κ1) is 19.3. The van der Waals surface area contributed by atoms with Gasteiger partial charge in [-0.3, -0.25) is 14.4 Å². The number of anilines is 3. The van der Waals surface area contributed by atoms with E-state index in [4.69, 9.17) is 0 Å². The Bertz CT molecular complexity index is 893. The highest BCUT2D eigenvalue weighted by Crippen LogP contribution is 2.18. The van der Waals surface area contributed by atoms with E-state index >= 15 is 0 Å². The van der Waals surface area contributed by atoms with E-state index in [0.29, 0.717) is 49.2 Å². The van der Waals surface area contributed by atoms with Gasteiger partial charge in [-0.15, -0.1) is 0 Å². The van der Waals surface area contributed by atoms with Gasteiger partial charge in [0.15, 0.2) is 0 Å². The minimum atomic E-state index is -0.363. The molecule has 0 radical (unpaired) electrons. The number of carbonyl (C=O) groups excluding carboxylic acids is 3. The molecule has 0 unspecified atom stereocenters. The minimum Gasteiger partial charge on any atom is -0.353 e. The standard InChI is InChI=1S/C19H22N6O3/c1-13-20-17(11-18(21-13)25-8-6-24(12-26)7-9-25)19(28)23-16-5-3-4-15(10-16)22-14(2)27/h3-5,10-12H,6-9H2,1-2H3,(H,22,27)(H,23,28). The number of piperazine rings is 1. The van der Waals surface area contributed by atoms with Crippen molar-refractivity contribution >= 4 is 35.4 Å². The van der Waals surface area contributed by atoms with E-state index in [-0.39, 0.29) is 17.5 Å². The van der Waals surface area contributed by atoms with Crippen LogP contribution in [0.4, 0.5) is 17.2 Å². The average Bonchev–Trinajstić information content (AvgIpc) is 2.67. The predicted octanol–water partition coefficient (Wildman–Crippen LogP) is 1.27. The van der Waals surface area contributed by atoms with E-state index < -0.39 is 0 Å². The van der Waals surface area contributed by atoms with Gasteiger partial charge in [-0.25, -0.2) is 9.97 Å². The largest absolute Gasteiger partial charge is 0.353 e. The third-order valence-corrected chi connectivity index (χ3v) is 4.29. The molecule has 2 heterocycles. The molecule has 1 fully saturated rings. The summed E-state index contributed by atoms with van der Waals surface area (Å²) in [6.45, 7) is 5.68. The van der Waals surface area contributed by atoms with Crippen LogP contribution in [-0.4, -0.2) is 59.3 Å². The lowest BCUT2D eigenvalue weighted by Crippen LogP contribution is -2.46. The Morgan fingerprint density at radius 3 is 2.36 bits per heavy atom. The monoisotopic (exact) mass is 382 g/mol. The first-order valence-corrected chi connectivity index (χ1v) is 8.93. The van der Waals surface area contributed by atoms with Crippen molar-refractivity contribution in [3.8, 4) is 0 Å². The van der Waals surface area contributed by atoms with Crippen molar-refractivity contribution in [2.24, 2.45) is 0 Å². The van der Waals surface area contributed by atoms with Crippen LogP contribution in [-0.2, 0) is 9.59 Å². The molecule has 28 heavy (non-hydrogen) atoms. The molecule has 1 saturated heterocycles. The fourth-order valence-electron chi connectivity index (χ4n) is 2.96. The summed E-state index contributed by atoms with van der Waals surface area (Å²) in [7, 11) is 0. The number of amides is 3. The summed E-state index contributed by atoms with van der Waals surface area (Å²) < 4.78 is 0. The van der Waals surface area contributed by atoms with Gasteiger partial charge in [-0.05, 0) is 25.1 Å². The quantitative estimate of drug-likeness (QED) is 0.754. The van der Waals surface area contributed by atoms with E-state index in [2.05, 4.69) is 20.6 Å². The summed E-state index contributed by atoms with van der Waals surface area (Å²) in [4.78, 5) is 47.1. The summed E-state index contributed by atoms with van der Waals surface area (Å²) in [5.74, 6) is 0.607. The van der Waals surface area contributed by atoms with Gasteiger partial charge in [0, 0.05) is 50.5 Å². The summed E-state index contributed by atoms with van der Waals surface area (Å²) in [5, 5.41) is 5.47. The van der Waals surface area contributed by atoms with E-state index in [1.165, 1.54) is 6.92 Å². The van der Waals surface area contributed by atoms with Crippen LogP contribution >= 0.6 is 0 Å². The molecule has 9 nitrogen and oxygen atoms in total. The molecular weight excluding hydrogens is 360 g/mol. The van der Waals surface area contributed by atoms with Crippen molar-refractivity contribution in [1.82, 2.24) is 14.9 Å². The van der Waals surface area contributed by atoms with Gasteiger partial charge in [0.05, 0.1) is 0 Å². The lowest BCUT2D eigenvalue weighted by atomic mass is 10.2. The maximum Gasteiger partial charge on any atom is 0.274 e. The highest BCUT2D eigenvalue weighted by molar-refractivity contribution is 6.03. The number of nitrogens with zero attached hydrogens (tertiary/aromatic N) is 4. The smallest absolute Gasteiger partial charge is 0.274 e. The van der Waals surface area contributed by atoms with Crippen LogP contribution in [0.1, 0.15) is 23.2 Å². The molecule has 1 aromatic heterocycles. The average molecular weight is 382 g/mol. The number of aryl methyl sites for hydroxylation is 1. The molecule has 3 rings (SSSR count). The Hall–Kier alpha value is -3.49. The van der Waals surface area contributed by atoms with Crippen molar-refractivity contribution in [2.75, 3.05) is 41.7 Å². The number of hydrogen-bond acceptors (Lipinski definition) is 6. The number of aromatic nitrogens is 2. The van der Waals surface area contributed by atoms with Crippen LogP contribution in [0.3, 0.4) is 0 Å². The van der Waals surface area contributed by atoms with Gasteiger partial charge in [0.1, 0.15) is 17.3 Å². The van der Waals surface area contributed by atoms with Gasteiger partial charge in [-0.1, -0.05) is 6.07 Å². The predicted molar refractivity (Wildman–Crippen MR) is 105 cm³/mol. The number of rotatable bonds is 5. The number of nitrogens with one attached hydrogen (secondary N) is 2. The summed E-state index contributed by atoms with van der Waals surface area (Å²) in [6, 6.07) is 8.54. The molecule has 146 valence electrons. The molecule has 0 atom stereocenters. The minimum absolute atomic E-state index is 0.186. The number of benzene rings is 1. The van der Waals surface area contributed by atoms with E-state index in [1.807, 2.05) is 4.90 Å². The van der Waals surface area contributed by atoms with Gasteiger partial charge in [-0.2, -0.15) is 0 Å². The molecule has 1 aromatic carbocycles. The number of hydrogen-bond donors (Lipinski definition) is 2. The zero-order valence-electron chi connectivity index (χ0n) is 15.8. The summed E-state index contributed by atoms with van der Waals surface area (Å²) in [6.07, 6.45) is 0.844. The van der Waals surface area contributed by atoms with E-state index in [1.54, 1.807) is 42.2 Å². The Morgan fingerprint density at radius 1 is 1.04 bits per heavy atom. The first-order chi connectivity index (χ1) is 13.4. The molecule has 1 aliphatic heterocycles. The first-order valence-electron chi connectivity index (χ1n) is 8.93. The Balaban J connectivity index is 1.74. The third-order valence-electron chi connectivity index (χ3n) is 4.29. The summed E-state index contributed by atoms with van der Waals surface area (Å²) in [5.41, 5.74) is 1.40. The molecule has 0 spiro atoms. The second-order valence-electron chi connectivity index (χ2n) is 6.50. The fourth-order valence-corrected chi connectivity index (χ4v) is 2.96. The Kier molecular flexibility index (Phi) is 5.83. The summed E-state index contributed by atoms with van der Waals surface area (Å²) >= 11 is 0. The van der Waals surface area contributed by atoms with Crippen molar-refractivity contribution in [3.05, 3.63) is 41.9 Å². The van der Waals surface area contributed by atoms with Crippen molar-refractivity contribution in [1.29, 1.82) is 0 Å². The molecule has 0 aliphatic carbocycles. The number of carbonyl (C=O) groups is 3. The maximum absolute atomic E-state index is 12.7. The van der Waals surface area contributed by atoms with Gasteiger partial charge < -0.3 is 20.4 Å². The highest BCUT2D eigenvalue weighted by atomic mass is 16.2. The molecular formula is C19H22N6O3. The van der Waals surface area contributed by atoms with E-state index in [0.717, 1.165) is 6.41 Å². The van der Waals surface area contributed by atoms with Gasteiger partial charge in [0.2, 0.25) is 12.3 Å². The van der Waals surface area contributed by atoms with Crippen molar-refractivity contribution in [2.45, 2.75) is 13.8 Å². The molecule has 0 bridgehead atoms. The molecule has 0 saturated carbocycles. The zero-order chi connectivity index (χ0) is 20.1. The second kappa shape index (κ2) is 8.47. The van der Waals surface area contributed by atoms with Crippen LogP contribution < -0.4 is 15.5 Å². The maximum atomic E-state index is 12.7. The van der Waals surface area contributed by atoms with Crippen molar-refractivity contribution < 1.29 is 14.4 Å². The van der Waals surface area contributed by atoms with Crippen molar-refractivity contribution in [3.63, 3.8) is 0 Å². The molecule has 1 aliphatic rings. The topological polar surface area (TPSA) is 108 Å². The third kappa shape index (κ3) is 4.81. The SMILES string of the molecule is CC(=O)Nc1cccc(NC(=O)c2cc(N3CCN(C=O)CC3)nc(C)n2)c1. The van der Waals surface area contributed by atoms with Crippen LogP contribution in [0, 0.1) is 6.92 Å².